The van der Waals surface area contributed by atoms with Crippen LogP contribution in [0.3, 0.4) is 0 Å². The molecule has 4 nitrogen and oxygen atoms in total. The Bertz CT molecular complexity index is 436. The van der Waals surface area contributed by atoms with Gasteiger partial charge in [0, 0.05) is 32.8 Å². The summed E-state index contributed by atoms with van der Waals surface area (Å²) < 4.78 is 11.5. The molecule has 0 aliphatic carbocycles. The Morgan fingerprint density at radius 2 is 1.95 bits per heavy atom. The lowest BCUT2D eigenvalue weighted by atomic mass is 9.99. The van der Waals surface area contributed by atoms with Crippen LogP contribution in [-0.4, -0.2) is 50.4 Å². The van der Waals surface area contributed by atoms with Gasteiger partial charge in [0.1, 0.15) is 12.4 Å². The third-order valence-electron chi connectivity index (χ3n) is 4.43. The van der Waals surface area contributed by atoms with E-state index in [1.807, 2.05) is 0 Å². The maximum atomic E-state index is 6.00. The number of para-hydroxylation sites is 1. The van der Waals surface area contributed by atoms with Crippen LogP contribution in [0.2, 0.25) is 0 Å². The molecule has 1 fully saturated rings. The Hall–Kier alpha value is -0.810. The lowest BCUT2D eigenvalue weighted by molar-refractivity contribution is 0.00918. The molecule has 126 valence electrons. The quantitative estimate of drug-likeness (QED) is 0.871. The summed E-state index contributed by atoms with van der Waals surface area (Å²) in [6.45, 7) is 7.54. The predicted octanol–water partition coefficient (Wildman–Crippen LogP) is 2.54. The van der Waals surface area contributed by atoms with Crippen molar-refractivity contribution >= 4 is 12.4 Å². The van der Waals surface area contributed by atoms with Crippen molar-refractivity contribution in [3.8, 4) is 5.75 Å². The normalized spacial score (nSPS) is 22.2. The molecule has 1 aromatic rings. The van der Waals surface area contributed by atoms with Gasteiger partial charge in [0.15, 0.2) is 0 Å². The highest BCUT2D eigenvalue weighted by molar-refractivity contribution is 5.85. The molecule has 2 unspecified atom stereocenters. The molecular formula is C17H29ClN2O2. The molecule has 0 bridgehead atoms. The van der Waals surface area contributed by atoms with Gasteiger partial charge in [-0.15, -0.1) is 12.4 Å². The first-order valence-corrected chi connectivity index (χ1v) is 7.81. The minimum absolute atomic E-state index is 0. The van der Waals surface area contributed by atoms with Crippen LogP contribution in [0.25, 0.3) is 0 Å². The molecular weight excluding hydrogens is 300 g/mol. The molecule has 1 aliphatic heterocycles. The number of nitrogens with two attached hydrogens (primary N) is 1. The number of hydrogen-bond acceptors (Lipinski definition) is 4. The first-order chi connectivity index (χ1) is 10.2. The highest BCUT2D eigenvalue weighted by Crippen LogP contribution is 2.23. The highest BCUT2D eigenvalue weighted by atomic mass is 35.5. The monoisotopic (exact) mass is 328 g/mol. The number of piperidine rings is 1. The van der Waals surface area contributed by atoms with Crippen LogP contribution in [0.4, 0.5) is 0 Å². The molecule has 0 amide bonds. The average molecular weight is 329 g/mol. The molecule has 2 rings (SSSR count). The third kappa shape index (κ3) is 4.85. The second-order valence-electron chi connectivity index (χ2n) is 5.88. The van der Waals surface area contributed by atoms with Gasteiger partial charge in [-0.1, -0.05) is 18.2 Å². The number of halogens is 1. The lowest BCUT2D eigenvalue weighted by Gasteiger charge is -2.38. The fraction of sp³-hybridized carbons (Fsp3) is 0.647. The largest absolute Gasteiger partial charge is 0.492 e. The van der Waals surface area contributed by atoms with Gasteiger partial charge in [0.05, 0.1) is 6.10 Å². The van der Waals surface area contributed by atoms with E-state index in [1.165, 1.54) is 11.1 Å². The number of hydrogen-bond donors (Lipinski definition) is 1. The molecule has 0 spiro atoms. The Morgan fingerprint density at radius 3 is 2.55 bits per heavy atom. The summed E-state index contributed by atoms with van der Waals surface area (Å²) in [5.74, 6) is 1.02. The number of benzene rings is 1. The molecule has 0 radical (unpaired) electrons. The number of nitrogens with zero attached hydrogens (tertiary/aromatic N) is 1. The Kier molecular flexibility index (Phi) is 8.18. The Balaban J connectivity index is 0.00000242. The molecule has 22 heavy (non-hydrogen) atoms. The summed E-state index contributed by atoms with van der Waals surface area (Å²) in [6.07, 6.45) is 2.46. The molecule has 1 aliphatic rings. The van der Waals surface area contributed by atoms with E-state index in [-0.39, 0.29) is 12.4 Å². The Labute approximate surface area is 140 Å². The lowest BCUT2D eigenvalue weighted by Crippen LogP contribution is -2.49. The van der Waals surface area contributed by atoms with E-state index in [4.69, 9.17) is 15.2 Å². The molecule has 2 atom stereocenters. The number of aryl methyl sites for hydroxylation is 2. The van der Waals surface area contributed by atoms with Gasteiger partial charge in [0.25, 0.3) is 0 Å². The summed E-state index contributed by atoms with van der Waals surface area (Å²) in [5, 5.41) is 0. The van der Waals surface area contributed by atoms with Crippen molar-refractivity contribution in [1.82, 2.24) is 4.90 Å². The summed E-state index contributed by atoms with van der Waals surface area (Å²) in [4.78, 5) is 2.43. The summed E-state index contributed by atoms with van der Waals surface area (Å²) in [6, 6.07) is 6.66. The molecule has 1 saturated heterocycles. The van der Waals surface area contributed by atoms with Gasteiger partial charge in [-0.25, -0.2) is 0 Å². The first kappa shape index (κ1) is 19.2. The van der Waals surface area contributed by atoms with Gasteiger partial charge in [-0.05, 0) is 37.8 Å². The van der Waals surface area contributed by atoms with E-state index < -0.39 is 0 Å². The molecule has 1 aromatic carbocycles. The van der Waals surface area contributed by atoms with Crippen LogP contribution < -0.4 is 10.5 Å². The second kappa shape index (κ2) is 9.36. The zero-order valence-corrected chi connectivity index (χ0v) is 14.7. The predicted molar refractivity (Wildman–Crippen MR) is 93.1 cm³/mol. The second-order valence-corrected chi connectivity index (χ2v) is 5.88. The maximum Gasteiger partial charge on any atom is 0.125 e. The van der Waals surface area contributed by atoms with E-state index in [0.29, 0.717) is 25.3 Å². The van der Waals surface area contributed by atoms with Crippen LogP contribution in [-0.2, 0) is 4.74 Å². The maximum absolute atomic E-state index is 6.00. The minimum atomic E-state index is 0. The van der Waals surface area contributed by atoms with E-state index in [1.54, 1.807) is 7.11 Å². The summed E-state index contributed by atoms with van der Waals surface area (Å²) >= 11 is 0. The van der Waals surface area contributed by atoms with Gasteiger partial charge < -0.3 is 15.2 Å². The number of likely N-dealkylation sites (tertiary alicyclic amines) is 1. The van der Waals surface area contributed by atoms with Crippen molar-refractivity contribution in [2.75, 3.05) is 33.4 Å². The minimum Gasteiger partial charge on any atom is -0.492 e. The van der Waals surface area contributed by atoms with Gasteiger partial charge in [-0.2, -0.15) is 0 Å². The fourth-order valence-electron chi connectivity index (χ4n) is 3.11. The van der Waals surface area contributed by atoms with Gasteiger partial charge >= 0.3 is 0 Å². The average Bonchev–Trinajstić information content (AvgIpc) is 2.50. The first-order valence-electron chi connectivity index (χ1n) is 7.81. The van der Waals surface area contributed by atoms with Crippen LogP contribution in [0, 0.1) is 13.8 Å². The molecule has 2 N–H and O–H groups in total. The topological polar surface area (TPSA) is 47.7 Å². The van der Waals surface area contributed by atoms with Crippen molar-refractivity contribution in [3.63, 3.8) is 0 Å². The summed E-state index contributed by atoms with van der Waals surface area (Å²) in [7, 11) is 1.79. The Morgan fingerprint density at radius 1 is 1.27 bits per heavy atom. The van der Waals surface area contributed by atoms with E-state index in [0.717, 1.165) is 31.7 Å². The third-order valence-corrected chi connectivity index (χ3v) is 4.43. The number of ether oxygens (including phenoxy) is 2. The van der Waals surface area contributed by atoms with Crippen molar-refractivity contribution in [1.29, 1.82) is 0 Å². The van der Waals surface area contributed by atoms with E-state index >= 15 is 0 Å². The van der Waals surface area contributed by atoms with Crippen molar-refractivity contribution in [3.05, 3.63) is 29.3 Å². The zero-order chi connectivity index (χ0) is 15.2. The fourth-order valence-corrected chi connectivity index (χ4v) is 3.11. The summed E-state index contributed by atoms with van der Waals surface area (Å²) in [5.41, 5.74) is 8.30. The van der Waals surface area contributed by atoms with E-state index in [9.17, 15) is 0 Å². The highest BCUT2D eigenvalue weighted by Gasteiger charge is 2.27. The van der Waals surface area contributed by atoms with E-state index in [2.05, 4.69) is 36.9 Å². The smallest absolute Gasteiger partial charge is 0.125 e. The molecule has 5 heteroatoms. The zero-order valence-electron chi connectivity index (χ0n) is 13.9. The number of rotatable bonds is 6. The standard InChI is InChI=1S/C17H28N2O2.ClH/c1-13-5-4-6-14(2)17(13)21-10-9-19-8-7-16(20-3)11-15(19)12-18;/h4-6,15-16H,7-12,18H2,1-3H3;1H. The molecule has 0 saturated carbocycles. The van der Waals surface area contributed by atoms with Crippen LogP contribution in [0.1, 0.15) is 24.0 Å². The van der Waals surface area contributed by atoms with Crippen LogP contribution >= 0.6 is 12.4 Å². The number of methoxy groups -OCH3 is 1. The SMILES string of the molecule is COC1CCN(CCOc2c(C)cccc2C)C(CN)C1.Cl. The van der Waals surface area contributed by atoms with Crippen molar-refractivity contribution in [2.45, 2.75) is 38.8 Å². The van der Waals surface area contributed by atoms with Crippen LogP contribution in [0.15, 0.2) is 18.2 Å². The van der Waals surface area contributed by atoms with Gasteiger partial charge in [0.2, 0.25) is 0 Å². The molecule has 0 aromatic heterocycles. The molecule has 1 heterocycles. The van der Waals surface area contributed by atoms with Gasteiger partial charge in [-0.3, -0.25) is 4.90 Å². The van der Waals surface area contributed by atoms with Crippen LogP contribution in [0.5, 0.6) is 5.75 Å². The van der Waals surface area contributed by atoms with Crippen molar-refractivity contribution < 1.29 is 9.47 Å². The van der Waals surface area contributed by atoms with Crippen molar-refractivity contribution in [2.24, 2.45) is 5.73 Å².